The molecule has 0 fully saturated rings. The van der Waals surface area contributed by atoms with Crippen LogP contribution in [0.1, 0.15) is 58.2 Å². The SMILES string of the molecule is CC(C)(C)c1cc(OC(=O)N(O)Cc2ccccc2)cc(C(C)(C)C)c1O. The van der Waals surface area contributed by atoms with Crippen LogP contribution >= 0.6 is 0 Å². The Hall–Kier alpha value is -2.53. The summed E-state index contributed by atoms with van der Waals surface area (Å²) in [5, 5.41) is 21.3. The van der Waals surface area contributed by atoms with E-state index in [2.05, 4.69) is 0 Å². The molecule has 0 bridgehead atoms. The molecule has 0 atom stereocenters. The van der Waals surface area contributed by atoms with E-state index in [1.54, 1.807) is 12.1 Å². The van der Waals surface area contributed by atoms with Gasteiger partial charge in [0.1, 0.15) is 11.5 Å². The van der Waals surface area contributed by atoms with Crippen LogP contribution in [0.25, 0.3) is 0 Å². The molecule has 146 valence electrons. The van der Waals surface area contributed by atoms with Crippen molar-refractivity contribution < 1.29 is 19.8 Å². The Kier molecular flexibility index (Phi) is 5.85. The summed E-state index contributed by atoms with van der Waals surface area (Å²) in [6.07, 6.45) is -0.871. The zero-order valence-corrected chi connectivity index (χ0v) is 16.9. The number of hydrogen-bond acceptors (Lipinski definition) is 4. The van der Waals surface area contributed by atoms with E-state index in [0.29, 0.717) is 21.9 Å². The maximum atomic E-state index is 12.3. The van der Waals surface area contributed by atoms with Crippen LogP contribution in [-0.2, 0) is 17.4 Å². The molecule has 0 aliphatic carbocycles. The monoisotopic (exact) mass is 371 g/mol. The highest BCUT2D eigenvalue weighted by atomic mass is 16.6. The first-order valence-electron chi connectivity index (χ1n) is 8.99. The number of phenolic OH excluding ortho intramolecular Hbond substituents is 1. The molecule has 0 spiro atoms. The van der Waals surface area contributed by atoms with Crippen molar-refractivity contribution in [1.82, 2.24) is 5.06 Å². The largest absolute Gasteiger partial charge is 0.507 e. The molecule has 0 aliphatic rings. The second-order valence-corrected chi connectivity index (χ2v) is 8.78. The number of amides is 1. The van der Waals surface area contributed by atoms with Gasteiger partial charge in [0.2, 0.25) is 0 Å². The van der Waals surface area contributed by atoms with Crippen molar-refractivity contribution in [2.24, 2.45) is 0 Å². The molecule has 0 saturated carbocycles. The Morgan fingerprint density at radius 3 is 1.89 bits per heavy atom. The van der Waals surface area contributed by atoms with Crippen LogP contribution in [0.2, 0.25) is 0 Å². The topological polar surface area (TPSA) is 70.0 Å². The molecule has 0 aliphatic heterocycles. The molecule has 5 nitrogen and oxygen atoms in total. The highest BCUT2D eigenvalue weighted by Gasteiger charge is 2.28. The molecule has 2 rings (SSSR count). The van der Waals surface area contributed by atoms with Gasteiger partial charge in [0, 0.05) is 11.1 Å². The van der Waals surface area contributed by atoms with Gasteiger partial charge in [0.25, 0.3) is 0 Å². The van der Waals surface area contributed by atoms with Gasteiger partial charge < -0.3 is 9.84 Å². The Labute approximate surface area is 161 Å². The maximum Gasteiger partial charge on any atom is 0.439 e. The van der Waals surface area contributed by atoms with Gasteiger partial charge >= 0.3 is 6.09 Å². The number of aromatic hydroxyl groups is 1. The van der Waals surface area contributed by atoms with Gasteiger partial charge in [-0.25, -0.2) is 4.79 Å². The molecule has 0 heterocycles. The van der Waals surface area contributed by atoms with Gasteiger partial charge in [-0.2, -0.15) is 5.06 Å². The minimum atomic E-state index is -0.871. The lowest BCUT2D eigenvalue weighted by Gasteiger charge is -2.28. The van der Waals surface area contributed by atoms with Crippen molar-refractivity contribution >= 4 is 6.09 Å². The molecule has 27 heavy (non-hydrogen) atoms. The molecular weight excluding hydrogens is 342 g/mol. The average Bonchev–Trinajstić information content (AvgIpc) is 2.55. The first-order valence-corrected chi connectivity index (χ1v) is 8.99. The quantitative estimate of drug-likeness (QED) is 0.561. The fraction of sp³-hybridized carbons (Fsp3) is 0.409. The molecular formula is C22H29NO4. The Balaban J connectivity index is 2.31. The Morgan fingerprint density at radius 2 is 1.44 bits per heavy atom. The van der Waals surface area contributed by atoms with Crippen LogP contribution in [-0.4, -0.2) is 21.5 Å². The number of carbonyl (C=O) groups is 1. The molecule has 2 aromatic rings. The van der Waals surface area contributed by atoms with E-state index < -0.39 is 6.09 Å². The third-order valence-corrected chi connectivity index (χ3v) is 4.29. The van der Waals surface area contributed by atoms with Crippen LogP contribution in [0.15, 0.2) is 42.5 Å². The second kappa shape index (κ2) is 7.61. The number of nitrogens with zero attached hydrogens (tertiary/aromatic N) is 1. The summed E-state index contributed by atoms with van der Waals surface area (Å²) in [4.78, 5) is 12.3. The third-order valence-electron chi connectivity index (χ3n) is 4.29. The Morgan fingerprint density at radius 1 is 0.963 bits per heavy atom. The van der Waals surface area contributed by atoms with E-state index in [0.717, 1.165) is 5.56 Å². The molecule has 2 aromatic carbocycles. The number of hydroxylamine groups is 2. The fourth-order valence-electron chi connectivity index (χ4n) is 2.78. The lowest BCUT2D eigenvalue weighted by molar-refractivity contribution is -0.0676. The minimum absolute atomic E-state index is 0.0238. The van der Waals surface area contributed by atoms with Gasteiger partial charge in [-0.15, -0.1) is 0 Å². The lowest BCUT2D eigenvalue weighted by atomic mass is 9.79. The first kappa shape index (κ1) is 20.8. The van der Waals surface area contributed by atoms with Crippen LogP contribution in [0, 0.1) is 0 Å². The summed E-state index contributed by atoms with van der Waals surface area (Å²) in [7, 11) is 0. The number of carbonyl (C=O) groups excluding carboxylic acids is 1. The Bertz CT molecular complexity index is 766. The molecule has 0 aromatic heterocycles. The molecule has 0 saturated heterocycles. The second-order valence-electron chi connectivity index (χ2n) is 8.78. The predicted molar refractivity (Wildman–Crippen MR) is 105 cm³/mol. The third kappa shape index (κ3) is 5.23. The van der Waals surface area contributed by atoms with Crippen molar-refractivity contribution in [1.29, 1.82) is 0 Å². The van der Waals surface area contributed by atoms with E-state index in [1.807, 2.05) is 71.9 Å². The number of benzene rings is 2. The van der Waals surface area contributed by atoms with Crippen LogP contribution in [0.4, 0.5) is 4.79 Å². The van der Waals surface area contributed by atoms with Gasteiger partial charge in [-0.3, -0.25) is 5.21 Å². The van der Waals surface area contributed by atoms with Crippen molar-refractivity contribution in [3.8, 4) is 11.5 Å². The lowest BCUT2D eigenvalue weighted by Crippen LogP contribution is -2.30. The van der Waals surface area contributed by atoms with Gasteiger partial charge in [-0.05, 0) is 28.5 Å². The van der Waals surface area contributed by atoms with E-state index in [4.69, 9.17) is 4.74 Å². The summed E-state index contributed by atoms with van der Waals surface area (Å²) in [5.74, 6) is 0.500. The maximum absolute atomic E-state index is 12.3. The zero-order valence-electron chi connectivity index (χ0n) is 16.9. The first-order chi connectivity index (χ1) is 12.4. The molecule has 5 heteroatoms. The summed E-state index contributed by atoms with van der Waals surface area (Å²) >= 11 is 0. The van der Waals surface area contributed by atoms with E-state index in [-0.39, 0.29) is 23.1 Å². The number of ether oxygens (including phenoxy) is 1. The number of hydrogen-bond donors (Lipinski definition) is 2. The van der Waals surface area contributed by atoms with Crippen LogP contribution < -0.4 is 4.74 Å². The van der Waals surface area contributed by atoms with Gasteiger partial charge in [0.05, 0.1) is 6.54 Å². The minimum Gasteiger partial charge on any atom is -0.507 e. The van der Waals surface area contributed by atoms with Crippen molar-refractivity contribution in [3.05, 3.63) is 59.2 Å². The van der Waals surface area contributed by atoms with Crippen molar-refractivity contribution in [2.45, 2.75) is 58.9 Å². The van der Waals surface area contributed by atoms with Gasteiger partial charge in [-0.1, -0.05) is 71.9 Å². The van der Waals surface area contributed by atoms with Gasteiger partial charge in [0.15, 0.2) is 0 Å². The summed E-state index contributed by atoms with van der Waals surface area (Å²) < 4.78 is 5.40. The van der Waals surface area contributed by atoms with E-state index in [1.165, 1.54) is 0 Å². The van der Waals surface area contributed by atoms with Crippen molar-refractivity contribution in [2.75, 3.05) is 0 Å². The molecule has 0 unspecified atom stereocenters. The zero-order chi connectivity index (χ0) is 20.4. The van der Waals surface area contributed by atoms with Crippen LogP contribution in [0.3, 0.4) is 0 Å². The summed E-state index contributed by atoms with van der Waals surface area (Å²) in [6.45, 7) is 11.9. The standard InChI is InChI=1S/C22H29NO4/c1-21(2,3)17-12-16(13-18(19(17)24)22(4,5)6)27-20(25)23(26)14-15-10-8-7-9-11-15/h7-13,24,26H,14H2,1-6H3. The summed E-state index contributed by atoms with van der Waals surface area (Å²) in [6, 6.07) is 12.5. The number of rotatable bonds is 3. The fourth-order valence-corrected chi connectivity index (χ4v) is 2.78. The van der Waals surface area contributed by atoms with Crippen LogP contribution in [0.5, 0.6) is 11.5 Å². The smallest absolute Gasteiger partial charge is 0.439 e. The van der Waals surface area contributed by atoms with Crippen molar-refractivity contribution in [3.63, 3.8) is 0 Å². The normalized spacial score (nSPS) is 12.0. The van der Waals surface area contributed by atoms with E-state index in [9.17, 15) is 15.1 Å². The predicted octanol–water partition coefficient (Wildman–Crippen LogP) is 5.38. The average molecular weight is 371 g/mol. The molecule has 1 amide bonds. The summed E-state index contributed by atoms with van der Waals surface area (Å²) in [5.41, 5.74) is 1.48. The highest BCUT2D eigenvalue weighted by Crippen LogP contribution is 2.41. The molecule has 2 N–H and O–H groups in total. The number of phenols is 1. The highest BCUT2D eigenvalue weighted by molar-refractivity contribution is 5.70. The van der Waals surface area contributed by atoms with E-state index >= 15 is 0 Å². The molecule has 0 radical (unpaired) electrons.